The molecule has 4 aromatic rings. The Morgan fingerprint density at radius 3 is 1.55 bits per heavy atom. The number of halogens is 1. The van der Waals surface area contributed by atoms with Crippen LogP contribution < -0.4 is 42.4 Å². The van der Waals surface area contributed by atoms with Gasteiger partial charge in [0.1, 0.15) is 88.3 Å². The number of anilines is 1. The van der Waals surface area contributed by atoms with Gasteiger partial charge in [-0.15, -0.1) is 0 Å². The van der Waals surface area contributed by atoms with Gasteiger partial charge < -0.3 is 75.2 Å². The molecule has 506 valence electrons. The number of esters is 2. The topological polar surface area (TPSA) is 386 Å². The molecule has 0 aliphatic heterocycles. The number of carbonyl (C=O) groups excluding carboxylic acids is 8. The van der Waals surface area contributed by atoms with Gasteiger partial charge in [0.15, 0.2) is 6.10 Å². The summed E-state index contributed by atoms with van der Waals surface area (Å²) in [7, 11) is 0. The highest BCUT2D eigenvalue weighted by Crippen LogP contribution is 2.37. The standard InChI is InChI=1S/C64H86ClN11O16S/c1-61(2,3)89-57(81)71-29-15-13-17-47(74-59(83)91-63(7,8)9)53(79)69-31-27-49(77)86-37-44(88-50(78)28-32-70-54(80)48(75-60(84)92-64(10,11)12)18-14-16-30-72-58(82)90-62(4,5)6)36-85-43-25-21-39(22-26-43)51-45(33-66)52(68)76-56(46(51)34-67)93-38-42-35-87-55(73-42)40-19-23-41(65)24-20-40/h19-26,35,44,47-48H,13-18,27-32,36-38H2,1-12H3,(H2,68,76)(H,69,79)(H,70,80)(H,71,81)(H,72,82)(H,74,83)(H,75,84). The van der Waals surface area contributed by atoms with Gasteiger partial charge >= 0.3 is 36.3 Å². The number of carbonyl (C=O) groups is 8. The lowest BCUT2D eigenvalue weighted by Gasteiger charge is -2.23. The van der Waals surface area contributed by atoms with Gasteiger partial charge in [-0.25, -0.2) is 29.1 Å². The molecule has 29 heteroatoms. The minimum absolute atomic E-state index is 0.0427. The second-order valence-electron chi connectivity index (χ2n) is 25.0. The molecule has 0 fully saturated rings. The third-order valence-corrected chi connectivity index (χ3v) is 13.4. The van der Waals surface area contributed by atoms with Crippen LogP contribution in [0, 0.1) is 22.7 Å². The van der Waals surface area contributed by atoms with Gasteiger partial charge in [-0.05, 0) is 164 Å². The largest absolute Gasteiger partial charge is 0.490 e. The molecular formula is C64H86ClN11O16S. The lowest BCUT2D eigenvalue weighted by atomic mass is 9.97. The van der Waals surface area contributed by atoms with Crippen LogP contribution in [-0.4, -0.2) is 138 Å². The van der Waals surface area contributed by atoms with Crippen molar-refractivity contribution in [1.82, 2.24) is 41.9 Å². The van der Waals surface area contributed by atoms with Crippen molar-refractivity contribution in [3.63, 3.8) is 0 Å². The number of benzene rings is 2. The number of nitrogens with zero attached hydrogens (tertiary/aromatic N) is 4. The third-order valence-electron chi connectivity index (χ3n) is 12.2. The van der Waals surface area contributed by atoms with Crippen LogP contribution in [0.2, 0.25) is 5.02 Å². The van der Waals surface area contributed by atoms with Crippen molar-refractivity contribution in [1.29, 1.82) is 10.5 Å². The molecule has 0 aliphatic rings. The second-order valence-corrected chi connectivity index (χ2v) is 26.4. The fourth-order valence-electron chi connectivity index (χ4n) is 8.17. The number of nitrogens with two attached hydrogens (primary N) is 1. The van der Waals surface area contributed by atoms with Crippen LogP contribution in [0.25, 0.3) is 22.6 Å². The van der Waals surface area contributed by atoms with Gasteiger partial charge in [0.25, 0.3) is 0 Å². The Morgan fingerprint density at radius 1 is 0.591 bits per heavy atom. The zero-order chi connectivity index (χ0) is 69.1. The number of hydrogen-bond donors (Lipinski definition) is 7. The molecule has 2 heterocycles. The molecule has 0 spiro atoms. The van der Waals surface area contributed by atoms with Crippen molar-refractivity contribution in [2.24, 2.45) is 0 Å². The van der Waals surface area contributed by atoms with E-state index in [1.165, 1.54) is 18.4 Å². The number of thioether (sulfide) groups is 1. The van der Waals surface area contributed by atoms with Crippen molar-refractivity contribution in [2.45, 2.75) is 186 Å². The van der Waals surface area contributed by atoms with Crippen LogP contribution in [0.5, 0.6) is 5.75 Å². The molecule has 0 bridgehead atoms. The molecule has 2 aromatic heterocycles. The molecule has 93 heavy (non-hydrogen) atoms. The first-order chi connectivity index (χ1) is 43.6. The average molecular weight is 1330 g/mol. The summed E-state index contributed by atoms with van der Waals surface area (Å²) >= 11 is 7.21. The first-order valence-corrected chi connectivity index (χ1v) is 31.5. The Kier molecular flexibility index (Phi) is 29.8. The smallest absolute Gasteiger partial charge is 0.408 e. The number of unbranched alkanes of at least 4 members (excludes halogenated alkanes) is 2. The lowest BCUT2D eigenvalue weighted by Crippen LogP contribution is -2.48. The fourth-order valence-corrected chi connectivity index (χ4v) is 9.17. The van der Waals surface area contributed by atoms with E-state index in [0.717, 1.165) is 11.8 Å². The van der Waals surface area contributed by atoms with Crippen LogP contribution in [0.3, 0.4) is 0 Å². The molecule has 6 amide bonds. The summed E-state index contributed by atoms with van der Waals surface area (Å²) in [5, 5.41) is 37.2. The highest BCUT2D eigenvalue weighted by molar-refractivity contribution is 7.98. The SMILES string of the molecule is CC(C)(C)OC(=O)NCCCCC(NC(=O)OC(C)(C)C)C(=O)NCCC(=O)OCC(COc1ccc(-c2c(C#N)c(N)nc(SCc3coc(-c4ccc(Cl)cc4)n3)c2C#N)cc1)OC(=O)CCNC(=O)C(CCCCNC(=O)OC(C)(C)C)NC(=O)OC(C)(C)C. The summed E-state index contributed by atoms with van der Waals surface area (Å²) in [6, 6.07) is 15.2. The number of rotatable bonds is 31. The number of nitrogens with one attached hydrogen (secondary N) is 6. The minimum atomic E-state index is -1.27. The number of nitriles is 2. The molecule has 2 aromatic carbocycles. The minimum Gasteiger partial charge on any atom is -0.490 e. The fraction of sp³-hybridized carbons (Fsp3) is 0.531. The molecule has 3 unspecified atom stereocenters. The van der Waals surface area contributed by atoms with E-state index in [1.54, 1.807) is 119 Å². The van der Waals surface area contributed by atoms with E-state index in [-0.39, 0.29) is 84.5 Å². The zero-order valence-electron chi connectivity index (χ0n) is 54.7. The van der Waals surface area contributed by atoms with Gasteiger partial charge in [0, 0.05) is 48.1 Å². The Morgan fingerprint density at radius 2 is 1.06 bits per heavy atom. The van der Waals surface area contributed by atoms with Crippen molar-refractivity contribution in [3.8, 4) is 40.5 Å². The lowest BCUT2D eigenvalue weighted by molar-refractivity contribution is -0.160. The molecule has 4 rings (SSSR count). The quantitative estimate of drug-likeness (QED) is 0.0107. The summed E-state index contributed by atoms with van der Waals surface area (Å²) in [4.78, 5) is 113. The Bertz CT molecular complexity index is 3270. The van der Waals surface area contributed by atoms with E-state index in [2.05, 4.69) is 54.0 Å². The predicted octanol–water partition coefficient (Wildman–Crippen LogP) is 9.70. The molecule has 0 saturated heterocycles. The maximum Gasteiger partial charge on any atom is 0.408 e. The molecular weight excluding hydrogens is 1250 g/mol. The summed E-state index contributed by atoms with van der Waals surface area (Å²) < 4.78 is 44.3. The summed E-state index contributed by atoms with van der Waals surface area (Å²) in [5.74, 6) is -2.24. The summed E-state index contributed by atoms with van der Waals surface area (Å²) in [6.07, 6.45) is -1.54. The normalized spacial score (nSPS) is 12.4. The molecule has 0 saturated carbocycles. The van der Waals surface area contributed by atoms with Crippen LogP contribution in [0.4, 0.5) is 25.0 Å². The second kappa shape index (κ2) is 36.3. The zero-order valence-corrected chi connectivity index (χ0v) is 56.3. The first kappa shape index (κ1) is 76.4. The number of hydrogen-bond acceptors (Lipinski definition) is 22. The molecule has 0 aliphatic carbocycles. The number of oxazole rings is 1. The van der Waals surface area contributed by atoms with E-state index in [0.29, 0.717) is 53.4 Å². The monoisotopic (exact) mass is 1330 g/mol. The number of alkyl carbamates (subject to hydrolysis) is 4. The van der Waals surface area contributed by atoms with Crippen LogP contribution in [0.15, 0.2) is 64.2 Å². The van der Waals surface area contributed by atoms with Crippen LogP contribution >= 0.6 is 23.4 Å². The predicted molar refractivity (Wildman–Crippen MR) is 344 cm³/mol. The Labute approximate surface area is 551 Å². The number of pyridine rings is 1. The van der Waals surface area contributed by atoms with Gasteiger partial charge in [-0.3, -0.25) is 19.2 Å². The molecule has 0 radical (unpaired) electrons. The van der Waals surface area contributed by atoms with Crippen molar-refractivity contribution in [3.05, 3.63) is 76.6 Å². The van der Waals surface area contributed by atoms with Crippen LogP contribution in [-0.2, 0) is 53.4 Å². The van der Waals surface area contributed by atoms with Gasteiger partial charge in [-0.2, -0.15) is 10.5 Å². The molecule has 27 nitrogen and oxygen atoms in total. The third kappa shape index (κ3) is 29.9. The molecule has 3 atom stereocenters. The number of ether oxygens (including phenoxy) is 7. The number of nitrogen functional groups attached to an aromatic ring is 1. The number of aromatic nitrogens is 2. The van der Waals surface area contributed by atoms with E-state index >= 15 is 0 Å². The van der Waals surface area contributed by atoms with Crippen molar-refractivity contribution >= 4 is 77.3 Å². The Balaban J connectivity index is 1.48. The van der Waals surface area contributed by atoms with E-state index < -0.39 is 108 Å². The van der Waals surface area contributed by atoms with Crippen molar-refractivity contribution in [2.75, 3.05) is 45.1 Å². The molecule has 8 N–H and O–H groups in total. The van der Waals surface area contributed by atoms with Gasteiger partial charge in [0.2, 0.25) is 17.7 Å². The highest BCUT2D eigenvalue weighted by Gasteiger charge is 2.28. The van der Waals surface area contributed by atoms with Crippen LogP contribution in [0.1, 0.15) is 151 Å². The maximum atomic E-state index is 13.5. The van der Waals surface area contributed by atoms with E-state index in [9.17, 15) is 48.9 Å². The van der Waals surface area contributed by atoms with E-state index in [4.69, 9.17) is 54.9 Å². The average Bonchev–Trinajstić information content (AvgIpc) is 0.956. The van der Waals surface area contributed by atoms with E-state index in [1.807, 2.05) is 0 Å². The number of amides is 6. The highest BCUT2D eigenvalue weighted by atomic mass is 35.5. The van der Waals surface area contributed by atoms with Gasteiger partial charge in [0.05, 0.1) is 24.1 Å². The maximum absolute atomic E-state index is 13.5. The van der Waals surface area contributed by atoms with Gasteiger partial charge in [-0.1, -0.05) is 35.5 Å². The summed E-state index contributed by atoms with van der Waals surface area (Å²) in [6.45, 7) is 19.4. The first-order valence-electron chi connectivity index (χ1n) is 30.1. The Hall–Kier alpha value is -9.02. The van der Waals surface area contributed by atoms with Crippen molar-refractivity contribution < 1.29 is 75.9 Å². The summed E-state index contributed by atoms with van der Waals surface area (Å²) in [5.41, 5.74) is 5.07.